The molecule has 0 unspecified atom stereocenters. The van der Waals surface area contributed by atoms with E-state index in [2.05, 4.69) is 20.8 Å². The molecule has 5 aliphatic rings. The SMILES string of the molecule is Cc1ccc(S(=O)(=O)O[C@@H]2C[C@]34CC(=O)[C@@]2(C)C[C@@H]3CC[C@H]2C(C)(C)CCC[C@@]24C)cc1. The predicted molar refractivity (Wildman–Crippen MR) is 125 cm³/mol. The second-order valence-electron chi connectivity index (χ2n) is 12.5. The molecule has 1 aromatic carbocycles. The number of rotatable bonds is 3. The fourth-order valence-electron chi connectivity index (χ4n) is 8.69. The molecule has 176 valence electrons. The second-order valence-corrected chi connectivity index (χ2v) is 14.1. The number of Topliss-reactive ketones (excluding diaryl/α,β-unsaturated/α-hetero) is 1. The summed E-state index contributed by atoms with van der Waals surface area (Å²) in [6, 6.07) is 6.81. The van der Waals surface area contributed by atoms with Gasteiger partial charge in [-0.25, -0.2) is 0 Å². The van der Waals surface area contributed by atoms with Crippen molar-refractivity contribution in [3.8, 4) is 0 Å². The second kappa shape index (κ2) is 6.91. The molecule has 6 rings (SSSR count). The van der Waals surface area contributed by atoms with Gasteiger partial charge in [0.05, 0.1) is 16.4 Å². The normalized spacial score (nSPS) is 42.9. The molecule has 0 saturated heterocycles. The Morgan fingerprint density at radius 1 is 0.969 bits per heavy atom. The minimum atomic E-state index is -3.93. The summed E-state index contributed by atoms with van der Waals surface area (Å²) in [6.07, 6.45) is 7.43. The van der Waals surface area contributed by atoms with Crippen LogP contribution in [-0.4, -0.2) is 20.3 Å². The van der Waals surface area contributed by atoms with Gasteiger partial charge in [0, 0.05) is 6.42 Å². The number of carbonyl (C=O) groups excluding carboxylic acids is 1. The van der Waals surface area contributed by atoms with Crippen molar-refractivity contribution in [3.05, 3.63) is 29.8 Å². The van der Waals surface area contributed by atoms with Gasteiger partial charge in [-0.2, -0.15) is 8.42 Å². The Balaban J connectivity index is 1.54. The van der Waals surface area contributed by atoms with Gasteiger partial charge in [-0.15, -0.1) is 0 Å². The van der Waals surface area contributed by atoms with E-state index in [0.717, 1.165) is 24.8 Å². The van der Waals surface area contributed by atoms with E-state index < -0.39 is 21.6 Å². The van der Waals surface area contributed by atoms with E-state index in [4.69, 9.17) is 4.18 Å². The van der Waals surface area contributed by atoms with Crippen molar-refractivity contribution in [1.29, 1.82) is 0 Å². The van der Waals surface area contributed by atoms with E-state index in [1.54, 1.807) is 24.3 Å². The van der Waals surface area contributed by atoms with Crippen molar-refractivity contribution in [2.75, 3.05) is 0 Å². The molecular formula is C27H38O4S. The quantitative estimate of drug-likeness (QED) is 0.516. The minimum absolute atomic E-state index is 0.0598. The van der Waals surface area contributed by atoms with Crippen LogP contribution in [0.5, 0.6) is 0 Å². The summed E-state index contributed by atoms with van der Waals surface area (Å²) in [5.41, 5.74) is 0.474. The Labute approximate surface area is 193 Å². The first kappa shape index (κ1) is 22.6. The average molecular weight is 459 g/mol. The highest BCUT2D eigenvalue weighted by atomic mass is 32.2. The maximum atomic E-state index is 13.6. The molecule has 2 bridgehead atoms. The number of hydrogen-bond donors (Lipinski definition) is 0. The zero-order valence-corrected chi connectivity index (χ0v) is 21.1. The van der Waals surface area contributed by atoms with Crippen molar-refractivity contribution < 1.29 is 17.4 Å². The Morgan fingerprint density at radius 2 is 1.66 bits per heavy atom. The number of ketones is 1. The van der Waals surface area contributed by atoms with Crippen molar-refractivity contribution >= 4 is 15.9 Å². The van der Waals surface area contributed by atoms with Gasteiger partial charge in [-0.05, 0) is 85.7 Å². The maximum Gasteiger partial charge on any atom is 0.297 e. The van der Waals surface area contributed by atoms with Crippen molar-refractivity contribution in [2.24, 2.45) is 33.5 Å². The monoisotopic (exact) mass is 458 g/mol. The van der Waals surface area contributed by atoms with E-state index >= 15 is 0 Å². The molecule has 4 nitrogen and oxygen atoms in total. The van der Waals surface area contributed by atoms with Gasteiger partial charge >= 0.3 is 0 Å². The summed E-state index contributed by atoms with van der Waals surface area (Å²) < 4.78 is 32.4. The molecule has 5 aliphatic carbocycles. The number of hydrogen-bond acceptors (Lipinski definition) is 4. The number of fused-ring (bicyclic) bond motifs is 3. The molecule has 0 aromatic heterocycles. The van der Waals surface area contributed by atoms with Crippen LogP contribution in [-0.2, 0) is 19.1 Å². The number of aryl methyl sites for hydroxylation is 1. The highest BCUT2D eigenvalue weighted by Gasteiger charge is 2.71. The minimum Gasteiger partial charge on any atom is -0.299 e. The zero-order valence-electron chi connectivity index (χ0n) is 20.2. The fraction of sp³-hybridized carbons (Fsp3) is 0.741. The molecule has 0 aliphatic heterocycles. The van der Waals surface area contributed by atoms with Crippen LogP contribution >= 0.6 is 0 Å². The molecule has 1 spiro atoms. The topological polar surface area (TPSA) is 60.4 Å². The molecular weight excluding hydrogens is 420 g/mol. The van der Waals surface area contributed by atoms with Crippen LogP contribution in [0.15, 0.2) is 29.2 Å². The van der Waals surface area contributed by atoms with Gasteiger partial charge in [0.2, 0.25) is 0 Å². The van der Waals surface area contributed by atoms with Crippen LogP contribution in [0.1, 0.15) is 84.6 Å². The smallest absolute Gasteiger partial charge is 0.297 e. The lowest BCUT2D eigenvalue weighted by atomic mass is 9.33. The highest BCUT2D eigenvalue weighted by Crippen LogP contribution is 2.75. The lowest BCUT2D eigenvalue weighted by Crippen LogP contribution is -2.69. The molecule has 5 fully saturated rings. The molecule has 6 atom stereocenters. The molecule has 0 radical (unpaired) electrons. The summed E-state index contributed by atoms with van der Waals surface area (Å²) in [7, 11) is -3.93. The highest BCUT2D eigenvalue weighted by molar-refractivity contribution is 7.86. The van der Waals surface area contributed by atoms with Gasteiger partial charge in [0.15, 0.2) is 0 Å². The Kier molecular flexibility index (Phi) is 4.88. The lowest BCUT2D eigenvalue weighted by Gasteiger charge is -2.71. The number of benzene rings is 1. The first-order valence-corrected chi connectivity index (χ1v) is 13.8. The number of carbonyl (C=O) groups is 1. The summed E-state index contributed by atoms with van der Waals surface area (Å²) >= 11 is 0. The van der Waals surface area contributed by atoms with E-state index in [-0.39, 0.29) is 26.9 Å². The Hall–Kier alpha value is -1.20. The first-order valence-electron chi connectivity index (χ1n) is 12.4. The fourth-order valence-corrected chi connectivity index (χ4v) is 9.86. The zero-order chi connectivity index (χ0) is 23.2. The lowest BCUT2D eigenvalue weighted by molar-refractivity contribution is -0.234. The molecule has 0 N–H and O–H groups in total. The summed E-state index contributed by atoms with van der Waals surface area (Å²) in [5.74, 6) is 1.28. The molecule has 1 aromatic rings. The van der Waals surface area contributed by atoms with Crippen LogP contribution in [0.2, 0.25) is 0 Å². The third-order valence-corrected chi connectivity index (χ3v) is 11.9. The molecule has 5 heteroatoms. The van der Waals surface area contributed by atoms with Crippen LogP contribution in [0, 0.1) is 40.4 Å². The summed E-state index contributed by atoms with van der Waals surface area (Å²) in [4.78, 5) is 13.8. The Bertz CT molecular complexity index is 1040. The molecule has 0 amide bonds. The third kappa shape index (κ3) is 2.95. The van der Waals surface area contributed by atoms with Gasteiger partial charge in [0.1, 0.15) is 5.78 Å². The largest absolute Gasteiger partial charge is 0.299 e. The van der Waals surface area contributed by atoms with Gasteiger partial charge in [-0.1, -0.05) is 51.8 Å². The first-order chi connectivity index (χ1) is 14.8. The van der Waals surface area contributed by atoms with Crippen LogP contribution in [0.25, 0.3) is 0 Å². The maximum absolute atomic E-state index is 13.6. The molecule has 5 saturated carbocycles. The van der Waals surface area contributed by atoms with E-state index in [1.807, 2.05) is 13.8 Å². The predicted octanol–water partition coefficient (Wildman–Crippen LogP) is 6.07. The van der Waals surface area contributed by atoms with Crippen molar-refractivity contribution in [2.45, 2.75) is 97.0 Å². The van der Waals surface area contributed by atoms with E-state index in [9.17, 15) is 13.2 Å². The van der Waals surface area contributed by atoms with Crippen LogP contribution in [0.4, 0.5) is 0 Å². The van der Waals surface area contributed by atoms with Crippen LogP contribution < -0.4 is 0 Å². The van der Waals surface area contributed by atoms with Gasteiger partial charge < -0.3 is 0 Å². The van der Waals surface area contributed by atoms with Crippen molar-refractivity contribution in [1.82, 2.24) is 0 Å². The standard InChI is InChI=1S/C27H38O4S/c1-18-7-10-20(11-8-18)32(29,30)31-23-17-27-16-22(28)25(23,4)15-19(27)9-12-21-24(2,3)13-6-14-26(21,27)5/h7-8,10-11,19,21,23H,6,9,12-17H2,1-5H3/t19-,21-,23+,25+,26-,27+/m0/s1. The van der Waals surface area contributed by atoms with Gasteiger partial charge in [0.25, 0.3) is 10.1 Å². The average Bonchev–Trinajstić information content (AvgIpc) is 2.68. The van der Waals surface area contributed by atoms with Crippen LogP contribution in [0.3, 0.4) is 0 Å². The van der Waals surface area contributed by atoms with E-state index in [0.29, 0.717) is 24.7 Å². The summed E-state index contributed by atoms with van der Waals surface area (Å²) in [6.45, 7) is 11.1. The van der Waals surface area contributed by atoms with Crippen molar-refractivity contribution in [3.63, 3.8) is 0 Å². The van der Waals surface area contributed by atoms with E-state index in [1.165, 1.54) is 19.3 Å². The molecule has 32 heavy (non-hydrogen) atoms. The summed E-state index contributed by atoms with van der Waals surface area (Å²) in [5, 5.41) is 0. The third-order valence-electron chi connectivity index (χ3n) is 10.5. The van der Waals surface area contributed by atoms with Gasteiger partial charge in [-0.3, -0.25) is 8.98 Å². The Morgan fingerprint density at radius 3 is 2.34 bits per heavy atom. The molecule has 0 heterocycles.